The summed E-state index contributed by atoms with van der Waals surface area (Å²) >= 11 is 0. The van der Waals surface area contributed by atoms with Crippen LogP contribution >= 0.6 is 0 Å². The zero-order valence-electron chi connectivity index (χ0n) is 8.16. The Balaban J connectivity index is 2.13. The van der Waals surface area contributed by atoms with E-state index < -0.39 is 0 Å². The third-order valence-electron chi connectivity index (χ3n) is 2.43. The Morgan fingerprint density at radius 1 is 1.62 bits per heavy atom. The van der Waals surface area contributed by atoms with Crippen LogP contribution in [-0.4, -0.2) is 30.7 Å². The third-order valence-corrected chi connectivity index (χ3v) is 2.43. The van der Waals surface area contributed by atoms with E-state index in [2.05, 4.69) is 0 Å². The standard InChI is InChI=1S/C9H18N2O2/c1-2-13-7-9(12)11(10)6-8-4-3-5-8/h8H,2-7,10H2,1H3. The highest BCUT2D eigenvalue weighted by molar-refractivity contribution is 5.76. The summed E-state index contributed by atoms with van der Waals surface area (Å²) < 4.78 is 4.98. The number of nitrogens with zero attached hydrogens (tertiary/aromatic N) is 1. The van der Waals surface area contributed by atoms with Crippen LogP contribution in [0, 0.1) is 5.92 Å². The molecule has 0 aromatic rings. The van der Waals surface area contributed by atoms with Gasteiger partial charge in [0, 0.05) is 13.2 Å². The van der Waals surface area contributed by atoms with E-state index in [4.69, 9.17) is 10.6 Å². The van der Waals surface area contributed by atoms with Gasteiger partial charge in [-0.2, -0.15) is 0 Å². The van der Waals surface area contributed by atoms with E-state index >= 15 is 0 Å². The van der Waals surface area contributed by atoms with Gasteiger partial charge in [-0.15, -0.1) is 0 Å². The molecule has 0 unspecified atom stereocenters. The summed E-state index contributed by atoms with van der Waals surface area (Å²) in [4.78, 5) is 11.3. The lowest BCUT2D eigenvalue weighted by Gasteiger charge is -2.29. The molecule has 76 valence electrons. The molecule has 0 bridgehead atoms. The van der Waals surface area contributed by atoms with E-state index in [1.807, 2.05) is 6.92 Å². The Bertz CT molecular complexity index is 169. The van der Waals surface area contributed by atoms with E-state index in [0.29, 0.717) is 19.1 Å². The summed E-state index contributed by atoms with van der Waals surface area (Å²) in [6.07, 6.45) is 3.68. The van der Waals surface area contributed by atoms with Crippen LogP contribution in [0.3, 0.4) is 0 Å². The molecule has 0 atom stereocenters. The number of hydrogen-bond acceptors (Lipinski definition) is 3. The maximum Gasteiger partial charge on any atom is 0.262 e. The van der Waals surface area contributed by atoms with Crippen molar-refractivity contribution < 1.29 is 9.53 Å². The van der Waals surface area contributed by atoms with Crippen LogP contribution in [-0.2, 0) is 9.53 Å². The zero-order chi connectivity index (χ0) is 9.68. The number of hydrogen-bond donors (Lipinski definition) is 1. The number of hydrazine groups is 1. The highest BCUT2D eigenvalue weighted by Gasteiger charge is 2.21. The minimum absolute atomic E-state index is 0.111. The first-order chi connectivity index (χ1) is 6.24. The Hall–Kier alpha value is -0.610. The molecule has 1 saturated carbocycles. The Kier molecular flexibility index (Phi) is 4.18. The molecule has 0 radical (unpaired) electrons. The summed E-state index contributed by atoms with van der Waals surface area (Å²) in [7, 11) is 0. The molecule has 1 fully saturated rings. The highest BCUT2D eigenvalue weighted by atomic mass is 16.5. The van der Waals surface area contributed by atoms with E-state index in [1.165, 1.54) is 24.3 Å². The Labute approximate surface area is 79.0 Å². The SMILES string of the molecule is CCOCC(=O)N(N)CC1CCC1. The molecule has 0 aliphatic heterocycles. The number of amides is 1. The number of rotatable bonds is 5. The lowest BCUT2D eigenvalue weighted by atomic mass is 9.85. The number of nitrogens with two attached hydrogens (primary N) is 1. The van der Waals surface area contributed by atoms with Crippen LogP contribution in [0.25, 0.3) is 0 Å². The van der Waals surface area contributed by atoms with Crippen molar-refractivity contribution in [3.8, 4) is 0 Å². The largest absolute Gasteiger partial charge is 0.372 e. The summed E-state index contributed by atoms with van der Waals surface area (Å²) in [5, 5.41) is 1.29. The minimum atomic E-state index is -0.117. The molecule has 4 nitrogen and oxygen atoms in total. The Morgan fingerprint density at radius 2 is 2.31 bits per heavy atom. The maximum atomic E-state index is 11.3. The van der Waals surface area contributed by atoms with Crippen molar-refractivity contribution in [3.05, 3.63) is 0 Å². The second-order valence-electron chi connectivity index (χ2n) is 3.48. The molecule has 1 rings (SSSR count). The van der Waals surface area contributed by atoms with Gasteiger partial charge in [-0.3, -0.25) is 9.80 Å². The normalized spacial score (nSPS) is 16.8. The van der Waals surface area contributed by atoms with Crippen LogP contribution in [0.15, 0.2) is 0 Å². The average molecular weight is 186 g/mol. The van der Waals surface area contributed by atoms with E-state index in [1.54, 1.807) is 0 Å². The van der Waals surface area contributed by atoms with E-state index in [-0.39, 0.29) is 12.5 Å². The van der Waals surface area contributed by atoms with Gasteiger partial charge >= 0.3 is 0 Å². The summed E-state index contributed by atoms with van der Waals surface area (Å²) in [5.41, 5.74) is 0. The van der Waals surface area contributed by atoms with Crippen LogP contribution in [0.4, 0.5) is 0 Å². The fraction of sp³-hybridized carbons (Fsp3) is 0.889. The van der Waals surface area contributed by atoms with Gasteiger partial charge in [0.15, 0.2) is 0 Å². The molecule has 0 aromatic carbocycles. The molecule has 0 heterocycles. The second-order valence-corrected chi connectivity index (χ2v) is 3.48. The number of ether oxygens (including phenoxy) is 1. The summed E-state index contributed by atoms with van der Waals surface area (Å²) in [5.74, 6) is 6.08. The van der Waals surface area contributed by atoms with Crippen LogP contribution in [0.2, 0.25) is 0 Å². The molecular weight excluding hydrogens is 168 g/mol. The molecule has 1 amide bonds. The van der Waals surface area contributed by atoms with Gasteiger partial charge in [-0.25, -0.2) is 5.84 Å². The van der Waals surface area contributed by atoms with Crippen molar-refractivity contribution in [1.29, 1.82) is 0 Å². The van der Waals surface area contributed by atoms with Crippen molar-refractivity contribution in [2.24, 2.45) is 11.8 Å². The smallest absolute Gasteiger partial charge is 0.262 e. The molecule has 0 aromatic heterocycles. The Morgan fingerprint density at radius 3 is 2.77 bits per heavy atom. The van der Waals surface area contributed by atoms with E-state index in [9.17, 15) is 4.79 Å². The number of carbonyl (C=O) groups is 1. The topological polar surface area (TPSA) is 55.6 Å². The fourth-order valence-corrected chi connectivity index (χ4v) is 1.33. The first kappa shape index (κ1) is 10.5. The monoisotopic (exact) mass is 186 g/mol. The van der Waals surface area contributed by atoms with Gasteiger partial charge in [0.05, 0.1) is 0 Å². The number of carbonyl (C=O) groups excluding carboxylic acids is 1. The molecular formula is C9H18N2O2. The van der Waals surface area contributed by atoms with Crippen molar-refractivity contribution in [2.45, 2.75) is 26.2 Å². The molecule has 0 spiro atoms. The predicted octanol–water partition coefficient (Wildman–Crippen LogP) is 0.525. The molecule has 0 saturated heterocycles. The summed E-state index contributed by atoms with van der Waals surface area (Å²) in [6, 6.07) is 0. The highest BCUT2D eigenvalue weighted by Crippen LogP contribution is 2.26. The van der Waals surface area contributed by atoms with Crippen LogP contribution in [0.5, 0.6) is 0 Å². The second kappa shape index (κ2) is 5.19. The first-order valence-electron chi connectivity index (χ1n) is 4.86. The van der Waals surface area contributed by atoms with Crippen LogP contribution < -0.4 is 5.84 Å². The molecule has 1 aliphatic carbocycles. The van der Waals surface area contributed by atoms with Crippen molar-refractivity contribution in [3.63, 3.8) is 0 Å². The van der Waals surface area contributed by atoms with Crippen molar-refractivity contribution >= 4 is 5.91 Å². The van der Waals surface area contributed by atoms with Gasteiger partial charge in [0.2, 0.25) is 0 Å². The lowest BCUT2D eigenvalue weighted by Crippen LogP contribution is -2.44. The molecule has 4 heteroatoms. The fourth-order valence-electron chi connectivity index (χ4n) is 1.33. The van der Waals surface area contributed by atoms with E-state index in [0.717, 1.165) is 0 Å². The van der Waals surface area contributed by atoms with Crippen molar-refractivity contribution in [2.75, 3.05) is 19.8 Å². The van der Waals surface area contributed by atoms with Gasteiger partial charge in [-0.05, 0) is 25.7 Å². The first-order valence-corrected chi connectivity index (χ1v) is 4.86. The summed E-state index contributed by atoms with van der Waals surface area (Å²) in [6.45, 7) is 3.22. The minimum Gasteiger partial charge on any atom is -0.372 e. The third kappa shape index (κ3) is 3.32. The zero-order valence-corrected chi connectivity index (χ0v) is 8.16. The maximum absolute atomic E-state index is 11.3. The van der Waals surface area contributed by atoms with Gasteiger partial charge in [0.1, 0.15) is 6.61 Å². The quantitative estimate of drug-likeness (QED) is 0.387. The molecule has 13 heavy (non-hydrogen) atoms. The van der Waals surface area contributed by atoms with Gasteiger partial charge in [0.25, 0.3) is 5.91 Å². The van der Waals surface area contributed by atoms with Gasteiger partial charge < -0.3 is 4.74 Å². The predicted molar refractivity (Wildman–Crippen MR) is 49.7 cm³/mol. The van der Waals surface area contributed by atoms with Crippen LogP contribution in [0.1, 0.15) is 26.2 Å². The average Bonchev–Trinajstić information content (AvgIpc) is 2.06. The lowest BCUT2D eigenvalue weighted by molar-refractivity contribution is -0.137. The molecule has 1 aliphatic rings. The van der Waals surface area contributed by atoms with Crippen molar-refractivity contribution in [1.82, 2.24) is 5.01 Å². The molecule has 2 N–H and O–H groups in total. The van der Waals surface area contributed by atoms with Gasteiger partial charge in [-0.1, -0.05) is 6.42 Å².